The van der Waals surface area contributed by atoms with Gasteiger partial charge in [-0.1, -0.05) is 11.3 Å². The van der Waals surface area contributed by atoms with Crippen molar-refractivity contribution >= 4 is 39.2 Å². The molecule has 104 valence electrons. The fourth-order valence-electron chi connectivity index (χ4n) is 1.69. The highest BCUT2D eigenvalue weighted by Crippen LogP contribution is 2.32. The normalized spacial score (nSPS) is 11.2. The van der Waals surface area contributed by atoms with Gasteiger partial charge in [-0.3, -0.25) is 9.59 Å². The lowest BCUT2D eigenvalue weighted by Crippen LogP contribution is -1.99. The summed E-state index contributed by atoms with van der Waals surface area (Å²) in [6.07, 6.45) is 0. The highest BCUT2D eigenvalue weighted by molar-refractivity contribution is 7.16. The SMILES string of the molecule is Cc1cc(C(=O)O)c2sc(=O)[nH]c2c1N=NCC(=O)O. The first kappa shape index (κ1) is 13.9. The quantitative estimate of drug-likeness (QED) is 0.739. The third-order valence-electron chi connectivity index (χ3n) is 2.47. The standard InChI is InChI=1S/C11H9N3O5S/c1-4-2-5(10(17)18)9-8(13-11(19)20-9)7(4)14-12-3-6(15)16/h2H,3H2,1H3,(H,13,19)(H,15,16)(H,17,18). The Morgan fingerprint density at radius 3 is 2.70 bits per heavy atom. The Morgan fingerprint density at radius 1 is 1.40 bits per heavy atom. The first-order chi connectivity index (χ1) is 9.40. The predicted octanol–water partition coefficient (Wildman–Crippen LogP) is 1.76. The highest BCUT2D eigenvalue weighted by atomic mass is 32.1. The Kier molecular flexibility index (Phi) is 3.61. The Bertz CT molecular complexity index is 789. The summed E-state index contributed by atoms with van der Waals surface area (Å²) in [7, 11) is 0. The first-order valence-electron chi connectivity index (χ1n) is 5.39. The number of carboxylic acid groups (broad SMARTS) is 2. The van der Waals surface area contributed by atoms with Crippen LogP contribution >= 0.6 is 11.3 Å². The van der Waals surface area contributed by atoms with Gasteiger partial charge in [0.1, 0.15) is 5.69 Å². The number of aromatic nitrogens is 1. The molecule has 1 aromatic carbocycles. The van der Waals surface area contributed by atoms with Crippen LogP contribution in [0.4, 0.5) is 5.69 Å². The summed E-state index contributed by atoms with van der Waals surface area (Å²) in [4.78, 5) is 35.0. The van der Waals surface area contributed by atoms with Crippen LogP contribution in [0, 0.1) is 6.92 Å². The van der Waals surface area contributed by atoms with Gasteiger partial charge in [0, 0.05) is 0 Å². The second-order valence-corrected chi connectivity index (χ2v) is 4.89. The van der Waals surface area contributed by atoms with E-state index in [-0.39, 0.29) is 21.5 Å². The number of H-pyrrole nitrogens is 1. The van der Waals surface area contributed by atoms with Gasteiger partial charge < -0.3 is 15.2 Å². The fraction of sp³-hybridized carbons (Fsp3) is 0.182. The summed E-state index contributed by atoms with van der Waals surface area (Å²) >= 11 is 0.760. The van der Waals surface area contributed by atoms with Crippen molar-refractivity contribution in [2.75, 3.05) is 6.54 Å². The molecule has 2 rings (SSSR count). The monoisotopic (exact) mass is 295 g/mol. The number of benzene rings is 1. The molecule has 0 amide bonds. The maximum absolute atomic E-state index is 11.4. The van der Waals surface area contributed by atoms with Crippen molar-refractivity contribution in [3.63, 3.8) is 0 Å². The van der Waals surface area contributed by atoms with Crippen LogP contribution in [-0.4, -0.2) is 33.7 Å². The molecule has 2 aromatic rings. The number of carbonyl (C=O) groups is 2. The van der Waals surface area contributed by atoms with Crippen molar-refractivity contribution in [2.45, 2.75) is 6.92 Å². The lowest BCUT2D eigenvalue weighted by Gasteiger charge is -2.03. The second kappa shape index (κ2) is 5.21. The topological polar surface area (TPSA) is 132 Å². The number of aliphatic carboxylic acids is 1. The molecule has 0 saturated carbocycles. The average molecular weight is 295 g/mol. The number of nitrogens with zero attached hydrogens (tertiary/aromatic N) is 2. The number of nitrogens with one attached hydrogen (secondary N) is 1. The van der Waals surface area contributed by atoms with Crippen LogP contribution in [-0.2, 0) is 4.79 Å². The average Bonchev–Trinajstić information content (AvgIpc) is 2.72. The summed E-state index contributed by atoms with van der Waals surface area (Å²) in [6.45, 7) is 1.10. The number of thiazole rings is 1. The Labute approximate surface area is 115 Å². The van der Waals surface area contributed by atoms with Gasteiger partial charge in [-0.25, -0.2) is 4.79 Å². The maximum atomic E-state index is 11.4. The molecule has 8 nitrogen and oxygen atoms in total. The fourth-order valence-corrected chi connectivity index (χ4v) is 2.53. The number of rotatable bonds is 4. The lowest BCUT2D eigenvalue weighted by molar-refractivity contribution is -0.135. The third-order valence-corrected chi connectivity index (χ3v) is 3.39. The zero-order valence-corrected chi connectivity index (χ0v) is 11.0. The van der Waals surface area contributed by atoms with E-state index >= 15 is 0 Å². The number of carboxylic acids is 2. The largest absolute Gasteiger partial charge is 0.480 e. The number of aryl methyl sites for hydroxylation is 1. The zero-order chi connectivity index (χ0) is 14.9. The molecule has 0 radical (unpaired) electrons. The Morgan fingerprint density at radius 2 is 2.10 bits per heavy atom. The summed E-state index contributed by atoms with van der Waals surface area (Å²) < 4.78 is 0.261. The molecule has 0 aliphatic heterocycles. The number of hydrogen-bond donors (Lipinski definition) is 3. The van der Waals surface area contributed by atoms with Crippen molar-refractivity contribution in [2.24, 2.45) is 10.2 Å². The minimum absolute atomic E-state index is 0.00182. The minimum Gasteiger partial charge on any atom is -0.480 e. The Balaban J connectivity index is 2.66. The van der Waals surface area contributed by atoms with Gasteiger partial charge in [-0.15, -0.1) is 0 Å². The number of fused-ring (bicyclic) bond motifs is 1. The zero-order valence-electron chi connectivity index (χ0n) is 10.2. The molecule has 0 atom stereocenters. The van der Waals surface area contributed by atoms with E-state index in [2.05, 4.69) is 15.2 Å². The van der Waals surface area contributed by atoms with E-state index in [4.69, 9.17) is 10.2 Å². The van der Waals surface area contributed by atoms with Gasteiger partial charge in [-0.2, -0.15) is 10.2 Å². The number of aromatic carboxylic acids is 1. The molecule has 0 unspecified atom stereocenters. The molecule has 0 spiro atoms. The van der Waals surface area contributed by atoms with E-state index in [0.717, 1.165) is 11.3 Å². The molecule has 1 heterocycles. The van der Waals surface area contributed by atoms with E-state index in [0.29, 0.717) is 5.56 Å². The van der Waals surface area contributed by atoms with Gasteiger partial charge in [0.15, 0.2) is 6.54 Å². The number of azo groups is 1. The lowest BCUT2D eigenvalue weighted by atomic mass is 10.1. The summed E-state index contributed by atoms with van der Waals surface area (Å²) in [5.41, 5.74) is 1.01. The van der Waals surface area contributed by atoms with Crippen LogP contribution in [0.25, 0.3) is 10.2 Å². The van der Waals surface area contributed by atoms with E-state index < -0.39 is 23.4 Å². The van der Waals surface area contributed by atoms with E-state index in [9.17, 15) is 14.4 Å². The van der Waals surface area contributed by atoms with Gasteiger partial charge in [-0.05, 0) is 18.6 Å². The van der Waals surface area contributed by atoms with Crippen LogP contribution in [0.5, 0.6) is 0 Å². The molecule has 0 aliphatic carbocycles. The summed E-state index contributed by atoms with van der Waals surface area (Å²) in [6, 6.07) is 1.38. The van der Waals surface area contributed by atoms with E-state index in [1.165, 1.54) is 6.07 Å². The number of aromatic amines is 1. The first-order valence-corrected chi connectivity index (χ1v) is 6.21. The van der Waals surface area contributed by atoms with Crippen molar-refractivity contribution in [1.29, 1.82) is 0 Å². The molecule has 9 heteroatoms. The summed E-state index contributed by atoms with van der Waals surface area (Å²) in [5, 5.41) is 24.9. The predicted molar refractivity (Wildman–Crippen MR) is 71.2 cm³/mol. The van der Waals surface area contributed by atoms with Gasteiger partial charge >= 0.3 is 16.8 Å². The van der Waals surface area contributed by atoms with E-state index in [1.54, 1.807) is 6.92 Å². The van der Waals surface area contributed by atoms with Gasteiger partial charge in [0.05, 0.1) is 15.8 Å². The maximum Gasteiger partial charge on any atom is 0.337 e. The van der Waals surface area contributed by atoms with Crippen LogP contribution in [0.2, 0.25) is 0 Å². The molecular weight excluding hydrogens is 286 g/mol. The van der Waals surface area contributed by atoms with Gasteiger partial charge in [0.2, 0.25) is 0 Å². The molecule has 0 saturated heterocycles. The smallest absolute Gasteiger partial charge is 0.337 e. The molecule has 0 bridgehead atoms. The third kappa shape index (κ3) is 2.57. The van der Waals surface area contributed by atoms with Crippen LogP contribution in [0.3, 0.4) is 0 Å². The molecule has 20 heavy (non-hydrogen) atoms. The molecular formula is C11H9N3O5S. The highest BCUT2D eigenvalue weighted by Gasteiger charge is 2.17. The molecule has 0 fully saturated rings. The summed E-state index contributed by atoms with van der Waals surface area (Å²) in [5.74, 6) is -2.29. The molecule has 0 aliphatic rings. The van der Waals surface area contributed by atoms with Crippen LogP contribution < -0.4 is 4.87 Å². The van der Waals surface area contributed by atoms with Crippen LogP contribution in [0.1, 0.15) is 15.9 Å². The minimum atomic E-state index is -1.15. The van der Waals surface area contributed by atoms with E-state index in [1.807, 2.05) is 0 Å². The van der Waals surface area contributed by atoms with Gasteiger partial charge in [0.25, 0.3) is 0 Å². The Hall–Kier alpha value is -2.55. The second-order valence-electron chi connectivity index (χ2n) is 3.91. The number of hydrogen-bond acceptors (Lipinski definition) is 6. The molecule has 3 N–H and O–H groups in total. The van der Waals surface area contributed by atoms with Crippen molar-refractivity contribution < 1.29 is 19.8 Å². The van der Waals surface area contributed by atoms with Crippen LogP contribution in [0.15, 0.2) is 21.1 Å². The van der Waals surface area contributed by atoms with Crippen molar-refractivity contribution in [1.82, 2.24) is 4.98 Å². The van der Waals surface area contributed by atoms with Crippen molar-refractivity contribution in [3.05, 3.63) is 26.9 Å². The molecule has 1 aromatic heterocycles. The van der Waals surface area contributed by atoms with Crippen molar-refractivity contribution in [3.8, 4) is 0 Å².